The van der Waals surface area contributed by atoms with Crippen molar-refractivity contribution in [1.29, 1.82) is 0 Å². The second-order valence-electron chi connectivity index (χ2n) is 7.82. The van der Waals surface area contributed by atoms with Crippen LogP contribution in [0.3, 0.4) is 0 Å². The van der Waals surface area contributed by atoms with E-state index in [9.17, 15) is 0 Å². The smallest absolute Gasteiger partial charge is 0.226 e. The molecule has 0 bridgehead atoms. The Morgan fingerprint density at radius 1 is 1.09 bits per heavy atom. The predicted molar refractivity (Wildman–Crippen MR) is 128 cm³/mol. The van der Waals surface area contributed by atoms with Crippen LogP contribution in [0.2, 0.25) is 5.02 Å². The molecule has 0 spiro atoms. The van der Waals surface area contributed by atoms with Crippen molar-refractivity contribution in [2.24, 2.45) is 0 Å². The van der Waals surface area contributed by atoms with E-state index in [0.29, 0.717) is 22.3 Å². The number of hydrogen-bond donors (Lipinski definition) is 1. The maximum absolute atomic E-state index is 15.2. The fraction of sp³-hybridized carbons (Fsp3) is 0.120. The van der Waals surface area contributed by atoms with Crippen molar-refractivity contribution < 1.29 is 9.13 Å². The van der Waals surface area contributed by atoms with Gasteiger partial charge in [-0.2, -0.15) is 10.1 Å². The number of nitrogens with one attached hydrogen (secondary N) is 1. The molecule has 6 rings (SSSR count). The minimum atomic E-state index is -0.544. The lowest BCUT2D eigenvalue weighted by atomic mass is 9.84. The number of anilines is 1. The molecule has 2 aliphatic heterocycles. The molecule has 1 aromatic heterocycles. The van der Waals surface area contributed by atoms with E-state index in [1.54, 1.807) is 34.6 Å². The van der Waals surface area contributed by atoms with Crippen LogP contribution in [-0.2, 0) is 0 Å². The van der Waals surface area contributed by atoms with Crippen LogP contribution < -0.4 is 10.1 Å². The summed E-state index contributed by atoms with van der Waals surface area (Å²) in [7, 11) is 0. The maximum atomic E-state index is 15.2. The molecule has 1 N–H and O–H groups in total. The molecular weight excluding hydrogens is 459 g/mol. The summed E-state index contributed by atoms with van der Waals surface area (Å²) in [6.45, 7) is 0. The van der Waals surface area contributed by atoms with Crippen LogP contribution in [0.4, 0.5) is 10.3 Å². The fourth-order valence-corrected chi connectivity index (χ4v) is 5.07. The fourth-order valence-electron chi connectivity index (χ4n) is 4.49. The molecule has 5 nitrogen and oxygen atoms in total. The van der Waals surface area contributed by atoms with Crippen LogP contribution in [0.1, 0.15) is 28.8 Å². The summed E-state index contributed by atoms with van der Waals surface area (Å²) in [6, 6.07) is 20.0. The molecule has 4 aromatic rings. The van der Waals surface area contributed by atoms with E-state index in [2.05, 4.69) is 39.7 Å². The van der Waals surface area contributed by atoms with E-state index >= 15 is 4.39 Å². The summed E-state index contributed by atoms with van der Waals surface area (Å²) in [6.07, 6.45) is 3.05. The first-order valence-corrected chi connectivity index (χ1v) is 12.0. The Kier molecular flexibility index (Phi) is 4.89. The summed E-state index contributed by atoms with van der Waals surface area (Å²) >= 11 is 8.03. The molecule has 0 fully saturated rings. The summed E-state index contributed by atoms with van der Waals surface area (Å²) < 4.78 is 23.4. The normalized spacial score (nSPS) is 18.6. The van der Waals surface area contributed by atoms with Gasteiger partial charge in [0.2, 0.25) is 5.95 Å². The highest BCUT2D eigenvalue weighted by atomic mass is 35.5. The molecule has 3 heterocycles. The number of ether oxygens (including phenoxy) is 1. The highest BCUT2D eigenvalue weighted by Gasteiger charge is 2.41. The van der Waals surface area contributed by atoms with Crippen molar-refractivity contribution in [3.8, 4) is 5.75 Å². The first kappa shape index (κ1) is 20.3. The quantitative estimate of drug-likeness (QED) is 0.349. The Labute approximate surface area is 199 Å². The van der Waals surface area contributed by atoms with Crippen molar-refractivity contribution in [2.75, 3.05) is 11.6 Å². The molecule has 0 radical (unpaired) electrons. The van der Waals surface area contributed by atoms with Crippen molar-refractivity contribution >= 4 is 35.0 Å². The van der Waals surface area contributed by atoms with Gasteiger partial charge >= 0.3 is 0 Å². The van der Waals surface area contributed by atoms with Gasteiger partial charge in [0.15, 0.2) is 0 Å². The Bertz CT molecular complexity index is 1400. The highest BCUT2D eigenvalue weighted by Crippen LogP contribution is 2.51. The molecular formula is C25H18ClFN4OS. The first-order valence-electron chi connectivity index (χ1n) is 10.4. The number of halogens is 2. The van der Waals surface area contributed by atoms with Crippen molar-refractivity contribution in [1.82, 2.24) is 14.8 Å². The molecule has 2 aliphatic rings. The summed E-state index contributed by atoms with van der Waals surface area (Å²) in [4.78, 5) is 5.53. The zero-order valence-electron chi connectivity index (χ0n) is 17.5. The van der Waals surface area contributed by atoms with Gasteiger partial charge in [-0.3, -0.25) is 0 Å². The maximum Gasteiger partial charge on any atom is 0.226 e. The van der Waals surface area contributed by atoms with Crippen LogP contribution in [-0.4, -0.2) is 21.0 Å². The van der Waals surface area contributed by atoms with E-state index in [1.807, 2.05) is 24.5 Å². The zero-order valence-corrected chi connectivity index (χ0v) is 19.1. The van der Waals surface area contributed by atoms with Crippen LogP contribution >= 0.6 is 23.4 Å². The summed E-state index contributed by atoms with van der Waals surface area (Å²) in [5, 5.41) is 8.43. The zero-order chi connectivity index (χ0) is 22.5. The van der Waals surface area contributed by atoms with Gasteiger partial charge in [-0.05, 0) is 48.2 Å². The van der Waals surface area contributed by atoms with Crippen molar-refractivity contribution in [2.45, 2.75) is 17.0 Å². The average Bonchev–Trinajstić information content (AvgIpc) is 3.31. The van der Waals surface area contributed by atoms with Gasteiger partial charge in [0, 0.05) is 26.6 Å². The van der Waals surface area contributed by atoms with Gasteiger partial charge in [-0.1, -0.05) is 41.9 Å². The number of thioether (sulfide) groups is 1. The number of rotatable bonds is 3. The lowest BCUT2D eigenvalue weighted by molar-refractivity contribution is 0.222. The molecule has 8 heteroatoms. The predicted octanol–water partition coefficient (Wildman–Crippen LogP) is 6.35. The van der Waals surface area contributed by atoms with E-state index < -0.39 is 12.1 Å². The van der Waals surface area contributed by atoms with E-state index in [0.717, 1.165) is 27.3 Å². The molecule has 33 heavy (non-hydrogen) atoms. The van der Waals surface area contributed by atoms with E-state index in [-0.39, 0.29) is 5.82 Å². The molecule has 0 aliphatic carbocycles. The van der Waals surface area contributed by atoms with Crippen molar-refractivity contribution in [3.05, 3.63) is 106 Å². The second kappa shape index (κ2) is 7.93. The largest absolute Gasteiger partial charge is 0.480 e. The summed E-state index contributed by atoms with van der Waals surface area (Å²) in [5.74, 6) is 0.919. The molecule has 0 saturated carbocycles. The second-order valence-corrected chi connectivity index (χ2v) is 9.14. The third-order valence-electron chi connectivity index (χ3n) is 5.99. The van der Waals surface area contributed by atoms with Crippen LogP contribution in [0.5, 0.6) is 5.75 Å². The number of benzene rings is 3. The first-order chi connectivity index (χ1) is 16.1. The minimum Gasteiger partial charge on any atom is -0.480 e. The third-order valence-corrected chi connectivity index (χ3v) is 6.97. The van der Waals surface area contributed by atoms with E-state index in [1.165, 1.54) is 12.4 Å². The molecule has 2 atom stereocenters. The van der Waals surface area contributed by atoms with Gasteiger partial charge in [0.1, 0.15) is 30.0 Å². The lowest BCUT2D eigenvalue weighted by Gasteiger charge is -2.39. The standard InChI is InChI=1S/C25H18ClFN4OS/c1-33-16-9-6-14(7-10-16)24-21-22(18-12-15(26)8-11-20(18)32-24)30-25-28-13-29-31(25)23(21)17-4-2-3-5-19(17)27/h2-13,23-24H,1H3,(H,28,29,30)/t23-,24+/m0/s1. The summed E-state index contributed by atoms with van der Waals surface area (Å²) in [5.41, 5.74) is 3.94. The van der Waals surface area contributed by atoms with Crippen LogP contribution in [0.25, 0.3) is 5.70 Å². The number of fused-ring (bicyclic) bond motifs is 3. The highest BCUT2D eigenvalue weighted by molar-refractivity contribution is 7.98. The number of aromatic nitrogens is 3. The number of nitrogens with zero attached hydrogens (tertiary/aromatic N) is 3. The van der Waals surface area contributed by atoms with Crippen LogP contribution in [0.15, 0.2) is 83.5 Å². The van der Waals surface area contributed by atoms with Gasteiger partial charge in [-0.15, -0.1) is 11.8 Å². The van der Waals surface area contributed by atoms with Gasteiger partial charge in [-0.25, -0.2) is 9.07 Å². The molecule has 0 amide bonds. The Balaban J connectivity index is 1.63. The van der Waals surface area contributed by atoms with Gasteiger partial charge in [0.05, 0.1) is 5.70 Å². The van der Waals surface area contributed by atoms with Crippen LogP contribution in [0, 0.1) is 5.82 Å². The average molecular weight is 477 g/mol. The molecule has 3 aromatic carbocycles. The monoisotopic (exact) mass is 476 g/mol. The van der Waals surface area contributed by atoms with Gasteiger partial charge < -0.3 is 10.1 Å². The van der Waals surface area contributed by atoms with Gasteiger partial charge in [0.25, 0.3) is 0 Å². The van der Waals surface area contributed by atoms with Crippen molar-refractivity contribution in [3.63, 3.8) is 0 Å². The topological polar surface area (TPSA) is 52.0 Å². The Hall–Kier alpha value is -3.29. The Morgan fingerprint density at radius 2 is 1.91 bits per heavy atom. The SMILES string of the molecule is CSc1ccc([C@H]2Oc3ccc(Cl)cc3C3=C2[C@H](c2ccccc2F)n2ncnc2N3)cc1. The molecule has 0 saturated heterocycles. The number of hydrogen-bond acceptors (Lipinski definition) is 5. The third kappa shape index (κ3) is 3.31. The Morgan fingerprint density at radius 3 is 2.70 bits per heavy atom. The van der Waals surface area contributed by atoms with E-state index in [4.69, 9.17) is 16.3 Å². The minimum absolute atomic E-state index is 0.314. The lowest BCUT2D eigenvalue weighted by Crippen LogP contribution is -2.32. The molecule has 164 valence electrons. The molecule has 0 unspecified atom stereocenters.